The average Bonchev–Trinajstić information content (AvgIpc) is 3.39. The molecule has 4 rings (SSSR count). The highest BCUT2D eigenvalue weighted by Gasteiger charge is 2.15. The van der Waals surface area contributed by atoms with Gasteiger partial charge in [-0.25, -0.2) is 4.98 Å². The number of nitrogens with zero attached hydrogens (tertiary/aromatic N) is 1. The molecule has 0 bridgehead atoms. The smallest absolute Gasteiger partial charge is 0.293 e. The third-order valence-electron chi connectivity index (χ3n) is 4.68. The van der Waals surface area contributed by atoms with Crippen molar-refractivity contribution in [1.82, 2.24) is 10.3 Å². The summed E-state index contributed by atoms with van der Waals surface area (Å²) in [7, 11) is 0. The molecule has 0 aliphatic rings. The maximum Gasteiger partial charge on any atom is 0.293 e. The van der Waals surface area contributed by atoms with Crippen molar-refractivity contribution in [1.29, 1.82) is 0 Å². The van der Waals surface area contributed by atoms with Crippen LogP contribution in [0.3, 0.4) is 0 Å². The quantitative estimate of drug-likeness (QED) is 0.278. The summed E-state index contributed by atoms with van der Waals surface area (Å²) in [6, 6.07) is 17.4. The van der Waals surface area contributed by atoms with Crippen LogP contribution in [0.25, 0.3) is 21.5 Å². The van der Waals surface area contributed by atoms with E-state index in [2.05, 4.69) is 50.6 Å². The molecule has 2 aromatic carbocycles. The van der Waals surface area contributed by atoms with Crippen LogP contribution in [0, 0.1) is 0 Å². The van der Waals surface area contributed by atoms with Crippen molar-refractivity contribution in [3.05, 3.63) is 70.4 Å². The van der Waals surface area contributed by atoms with Gasteiger partial charge in [0.1, 0.15) is 5.76 Å². The first kappa shape index (κ1) is 21.7. The summed E-state index contributed by atoms with van der Waals surface area (Å²) in [6.07, 6.45) is 3.40. The number of aryl methyl sites for hydroxylation is 1. The largest absolute Gasteiger partial charge is 0.451 e. The number of unbranched alkanes of at least 4 members (excludes halogenated alkanes) is 1. The molecule has 4 aromatic rings. The van der Waals surface area contributed by atoms with E-state index in [-0.39, 0.29) is 10.9 Å². The molecular weight excluding hydrogens is 494 g/mol. The van der Waals surface area contributed by atoms with Crippen molar-refractivity contribution in [2.24, 2.45) is 0 Å². The fourth-order valence-corrected chi connectivity index (χ4v) is 4.53. The lowest BCUT2D eigenvalue weighted by Gasteiger charge is -2.05. The fourth-order valence-electron chi connectivity index (χ4n) is 3.08. The topological polar surface area (TPSA) is 67.2 Å². The Balaban J connectivity index is 1.39. The van der Waals surface area contributed by atoms with E-state index in [1.165, 1.54) is 29.7 Å². The number of benzene rings is 2. The predicted octanol–water partition coefficient (Wildman–Crippen LogP) is 6.79. The Morgan fingerprint density at radius 3 is 2.74 bits per heavy atom. The Kier molecular flexibility index (Phi) is 6.80. The molecular formula is C23H20BrN3O2S2. The Morgan fingerprint density at radius 2 is 1.97 bits per heavy atom. The zero-order valence-corrected chi connectivity index (χ0v) is 20.0. The normalized spacial score (nSPS) is 10.9. The number of fused-ring (bicyclic) bond motifs is 1. The molecule has 0 unspecified atom stereocenters. The summed E-state index contributed by atoms with van der Waals surface area (Å²) in [5, 5.41) is 6.47. The molecule has 1 amide bonds. The van der Waals surface area contributed by atoms with E-state index in [4.69, 9.17) is 16.6 Å². The summed E-state index contributed by atoms with van der Waals surface area (Å²) in [5.41, 5.74) is 3.10. The number of rotatable bonds is 6. The van der Waals surface area contributed by atoms with Crippen LogP contribution in [-0.4, -0.2) is 16.0 Å². The zero-order valence-electron chi connectivity index (χ0n) is 16.8. The third-order valence-corrected chi connectivity index (χ3v) is 6.34. The van der Waals surface area contributed by atoms with Gasteiger partial charge in [0.25, 0.3) is 5.91 Å². The number of furan rings is 1. The number of aromatic nitrogens is 1. The van der Waals surface area contributed by atoms with Crippen LogP contribution in [-0.2, 0) is 6.42 Å². The van der Waals surface area contributed by atoms with Crippen LogP contribution in [0.5, 0.6) is 0 Å². The van der Waals surface area contributed by atoms with Crippen molar-refractivity contribution < 1.29 is 9.21 Å². The number of thiazole rings is 1. The first-order valence-electron chi connectivity index (χ1n) is 9.89. The Bertz CT molecular complexity index is 1230. The lowest BCUT2D eigenvalue weighted by molar-refractivity contribution is 0.0951. The van der Waals surface area contributed by atoms with Crippen LogP contribution in [0.1, 0.15) is 35.9 Å². The number of amides is 1. The van der Waals surface area contributed by atoms with E-state index in [9.17, 15) is 4.79 Å². The minimum atomic E-state index is -0.413. The summed E-state index contributed by atoms with van der Waals surface area (Å²) in [5.74, 6) is 0.386. The number of hydrogen-bond acceptors (Lipinski definition) is 5. The van der Waals surface area contributed by atoms with E-state index in [0.717, 1.165) is 26.7 Å². The maximum absolute atomic E-state index is 12.5. The van der Waals surface area contributed by atoms with E-state index >= 15 is 0 Å². The van der Waals surface area contributed by atoms with Gasteiger partial charge < -0.3 is 9.73 Å². The highest BCUT2D eigenvalue weighted by Crippen LogP contribution is 2.27. The highest BCUT2D eigenvalue weighted by atomic mass is 79.9. The molecule has 5 nitrogen and oxygen atoms in total. The van der Waals surface area contributed by atoms with E-state index in [1.807, 2.05) is 30.3 Å². The van der Waals surface area contributed by atoms with Gasteiger partial charge in [-0.15, -0.1) is 0 Å². The van der Waals surface area contributed by atoms with Crippen molar-refractivity contribution >= 4 is 65.9 Å². The van der Waals surface area contributed by atoms with Gasteiger partial charge in [0.15, 0.2) is 16.0 Å². The maximum atomic E-state index is 12.5. The van der Waals surface area contributed by atoms with E-state index in [1.54, 1.807) is 12.1 Å². The fraction of sp³-hybridized carbons (Fsp3) is 0.174. The molecule has 31 heavy (non-hydrogen) atoms. The van der Waals surface area contributed by atoms with Crippen LogP contribution >= 0.6 is 39.5 Å². The molecule has 0 spiro atoms. The number of halogens is 1. The van der Waals surface area contributed by atoms with Gasteiger partial charge in [0.2, 0.25) is 0 Å². The molecule has 2 aromatic heterocycles. The average molecular weight is 514 g/mol. The van der Waals surface area contributed by atoms with Crippen molar-refractivity contribution in [3.63, 3.8) is 0 Å². The minimum Gasteiger partial charge on any atom is -0.451 e. The van der Waals surface area contributed by atoms with Gasteiger partial charge in [-0.2, -0.15) is 0 Å². The van der Waals surface area contributed by atoms with Crippen LogP contribution in [0.4, 0.5) is 5.13 Å². The second kappa shape index (κ2) is 9.72. The molecule has 158 valence electrons. The second-order valence-electron chi connectivity index (χ2n) is 7.00. The standard InChI is InChI=1S/C23H20BrN3O2S2/c1-2-3-4-14-5-10-17-20(13-14)31-23(25-17)27-22(30)26-21(28)19-12-11-18(29-19)15-6-8-16(24)9-7-15/h5-13H,2-4H2,1H3,(H2,25,26,27,28,30). The van der Waals surface area contributed by atoms with E-state index < -0.39 is 5.91 Å². The first-order valence-corrected chi connectivity index (χ1v) is 11.9. The number of thiocarbonyl (C=S) groups is 1. The summed E-state index contributed by atoms with van der Waals surface area (Å²) < 4.78 is 7.76. The second-order valence-corrected chi connectivity index (χ2v) is 9.36. The number of carbonyl (C=O) groups excluding carboxylic acids is 1. The molecule has 0 radical (unpaired) electrons. The summed E-state index contributed by atoms with van der Waals surface area (Å²) >= 11 is 10.2. The SMILES string of the molecule is CCCCc1ccc2nc(NC(=S)NC(=O)c3ccc(-c4ccc(Br)cc4)o3)sc2c1. The van der Waals surface area contributed by atoms with Crippen molar-refractivity contribution in [2.45, 2.75) is 26.2 Å². The van der Waals surface area contributed by atoms with Crippen LogP contribution < -0.4 is 10.6 Å². The number of anilines is 1. The first-order chi connectivity index (χ1) is 15.0. The lowest BCUT2D eigenvalue weighted by Crippen LogP contribution is -2.33. The molecule has 0 saturated heterocycles. The van der Waals surface area contributed by atoms with Gasteiger partial charge in [-0.3, -0.25) is 10.1 Å². The van der Waals surface area contributed by atoms with Gasteiger partial charge in [-0.1, -0.05) is 58.8 Å². The van der Waals surface area contributed by atoms with Crippen LogP contribution in [0.2, 0.25) is 0 Å². The number of carbonyl (C=O) groups is 1. The molecule has 2 heterocycles. The van der Waals surface area contributed by atoms with E-state index in [0.29, 0.717) is 10.9 Å². The highest BCUT2D eigenvalue weighted by molar-refractivity contribution is 9.10. The zero-order chi connectivity index (χ0) is 21.8. The molecule has 0 aliphatic heterocycles. The molecule has 0 atom stereocenters. The Labute approximate surface area is 198 Å². The summed E-state index contributed by atoms with van der Waals surface area (Å²) in [6.45, 7) is 2.19. The van der Waals surface area contributed by atoms with Crippen molar-refractivity contribution in [2.75, 3.05) is 5.32 Å². The Morgan fingerprint density at radius 1 is 1.16 bits per heavy atom. The van der Waals surface area contributed by atoms with Crippen molar-refractivity contribution in [3.8, 4) is 11.3 Å². The Hall–Kier alpha value is -2.55. The third kappa shape index (κ3) is 5.39. The monoisotopic (exact) mass is 513 g/mol. The molecule has 0 saturated carbocycles. The minimum absolute atomic E-state index is 0.178. The number of nitrogens with one attached hydrogen (secondary N) is 2. The van der Waals surface area contributed by atoms with Gasteiger partial charge in [0.05, 0.1) is 10.2 Å². The van der Waals surface area contributed by atoms with Gasteiger partial charge >= 0.3 is 0 Å². The lowest BCUT2D eigenvalue weighted by atomic mass is 10.1. The molecule has 0 aliphatic carbocycles. The number of hydrogen-bond donors (Lipinski definition) is 2. The molecule has 8 heteroatoms. The molecule has 0 fully saturated rings. The molecule has 2 N–H and O–H groups in total. The summed E-state index contributed by atoms with van der Waals surface area (Å²) in [4.78, 5) is 17.1. The van der Waals surface area contributed by atoms with Gasteiger partial charge in [-0.05, 0) is 67.0 Å². The predicted molar refractivity (Wildman–Crippen MR) is 134 cm³/mol. The van der Waals surface area contributed by atoms with Gasteiger partial charge in [0, 0.05) is 10.0 Å². The van der Waals surface area contributed by atoms with Crippen LogP contribution in [0.15, 0.2) is 63.5 Å².